The normalized spacial score (nSPS) is 20.2. The van der Waals surface area contributed by atoms with Crippen molar-refractivity contribution in [3.8, 4) is 5.75 Å². The molecular weight excluding hydrogens is 281 g/mol. The Hall–Kier alpha value is -1.63. The van der Waals surface area contributed by atoms with Gasteiger partial charge in [0.1, 0.15) is 5.75 Å². The molecule has 1 fully saturated rings. The first-order valence-corrected chi connectivity index (χ1v) is 7.25. The number of phenols is 1. The molecule has 0 aliphatic carbocycles. The van der Waals surface area contributed by atoms with E-state index in [9.17, 15) is 9.90 Å². The molecule has 1 heterocycles. The fourth-order valence-corrected chi connectivity index (χ4v) is 2.23. The van der Waals surface area contributed by atoms with E-state index >= 15 is 0 Å². The Kier molecular flexibility index (Phi) is 4.47. The summed E-state index contributed by atoms with van der Waals surface area (Å²) in [6.07, 6.45) is 2.37. The Morgan fingerprint density at radius 3 is 2.36 bits per heavy atom. The molecule has 0 bridgehead atoms. The molecule has 0 unspecified atom stereocenters. The minimum atomic E-state index is -0.603. The molecule has 0 spiro atoms. The van der Waals surface area contributed by atoms with Gasteiger partial charge in [-0.2, -0.15) is 0 Å². The van der Waals surface area contributed by atoms with E-state index in [2.05, 4.69) is 0 Å². The summed E-state index contributed by atoms with van der Waals surface area (Å²) in [5.74, 6) is 0.0204. The number of aromatic hydroxyl groups is 1. The second kappa shape index (κ2) is 5.87. The monoisotopic (exact) mass is 303 g/mol. The van der Waals surface area contributed by atoms with Gasteiger partial charge in [-0.1, -0.05) is 18.2 Å². The molecular formula is C16H22BNO4. The average Bonchev–Trinajstić information content (AvgIpc) is 2.65. The van der Waals surface area contributed by atoms with Gasteiger partial charge in [0.15, 0.2) is 6.29 Å². The van der Waals surface area contributed by atoms with Crippen molar-refractivity contribution >= 4 is 19.5 Å². The van der Waals surface area contributed by atoms with Crippen LogP contribution in [0.4, 0.5) is 0 Å². The van der Waals surface area contributed by atoms with Gasteiger partial charge >= 0.3 is 7.12 Å². The van der Waals surface area contributed by atoms with E-state index < -0.39 is 18.3 Å². The number of nitrogens with two attached hydrogens (primary N) is 1. The lowest BCUT2D eigenvalue weighted by Gasteiger charge is -2.32. The fraction of sp³-hybridized carbons (Fsp3) is 0.438. The maximum absolute atomic E-state index is 11.1. The number of carbonyl (C=O) groups is 1. The van der Waals surface area contributed by atoms with Crippen molar-refractivity contribution < 1.29 is 19.2 Å². The van der Waals surface area contributed by atoms with Crippen molar-refractivity contribution in [1.82, 2.24) is 0 Å². The number of benzene rings is 1. The van der Waals surface area contributed by atoms with E-state index in [4.69, 9.17) is 15.0 Å². The highest BCUT2D eigenvalue weighted by molar-refractivity contribution is 6.56. The van der Waals surface area contributed by atoms with Crippen LogP contribution in [0.3, 0.4) is 0 Å². The van der Waals surface area contributed by atoms with Gasteiger partial charge in [0.05, 0.1) is 11.2 Å². The third kappa shape index (κ3) is 2.95. The van der Waals surface area contributed by atoms with E-state index in [0.29, 0.717) is 22.9 Å². The number of aldehydes is 1. The molecule has 0 aromatic heterocycles. The third-order valence-corrected chi connectivity index (χ3v) is 4.37. The molecule has 2 rings (SSSR count). The first-order valence-electron chi connectivity index (χ1n) is 7.25. The van der Waals surface area contributed by atoms with Crippen molar-refractivity contribution in [3.05, 3.63) is 34.8 Å². The number of carbonyl (C=O) groups excluding carboxylic acids is 1. The molecule has 3 N–H and O–H groups in total. The van der Waals surface area contributed by atoms with Crippen molar-refractivity contribution in [3.63, 3.8) is 0 Å². The van der Waals surface area contributed by atoms with Crippen LogP contribution in [0.1, 0.15) is 43.6 Å². The van der Waals surface area contributed by atoms with Crippen LogP contribution in [-0.2, 0) is 9.31 Å². The van der Waals surface area contributed by atoms with Gasteiger partial charge in [-0.3, -0.25) is 4.79 Å². The molecule has 1 aliphatic rings. The zero-order chi connectivity index (χ0) is 16.5. The van der Waals surface area contributed by atoms with Crippen molar-refractivity contribution in [2.45, 2.75) is 38.9 Å². The SMILES string of the molecule is CC1(C)OB(C(=Cc2c(O)cccc2C=O)CN)OC1(C)C. The number of rotatable bonds is 4. The number of phenolic OH excluding ortho intramolecular Hbond substituents is 1. The molecule has 0 amide bonds. The quantitative estimate of drug-likeness (QED) is 0.658. The van der Waals surface area contributed by atoms with Crippen LogP contribution in [0, 0.1) is 0 Å². The van der Waals surface area contributed by atoms with E-state index in [1.807, 2.05) is 27.7 Å². The highest BCUT2D eigenvalue weighted by atomic mass is 16.7. The van der Waals surface area contributed by atoms with Crippen LogP contribution in [0.25, 0.3) is 6.08 Å². The smallest absolute Gasteiger partial charge is 0.491 e. The van der Waals surface area contributed by atoms with Crippen LogP contribution in [0.2, 0.25) is 0 Å². The average molecular weight is 303 g/mol. The fourth-order valence-electron chi connectivity index (χ4n) is 2.23. The maximum atomic E-state index is 11.1. The molecule has 22 heavy (non-hydrogen) atoms. The predicted molar refractivity (Wildman–Crippen MR) is 86.6 cm³/mol. The van der Waals surface area contributed by atoms with Crippen LogP contribution in [-0.4, -0.2) is 36.3 Å². The highest BCUT2D eigenvalue weighted by Gasteiger charge is 2.52. The first kappa shape index (κ1) is 16.7. The standard InChI is InChI=1S/C16H22BNO4/c1-15(2)16(3,4)22-17(21-15)12(9-18)8-13-11(10-19)6-5-7-14(13)20/h5-8,10,20H,9,18H2,1-4H3. The summed E-state index contributed by atoms with van der Waals surface area (Å²) in [4.78, 5) is 11.1. The summed E-state index contributed by atoms with van der Waals surface area (Å²) >= 11 is 0. The van der Waals surface area contributed by atoms with Crippen LogP contribution < -0.4 is 5.73 Å². The number of hydrogen-bond acceptors (Lipinski definition) is 5. The van der Waals surface area contributed by atoms with E-state index in [1.54, 1.807) is 18.2 Å². The lowest BCUT2D eigenvalue weighted by molar-refractivity contribution is 0.00578. The van der Waals surface area contributed by atoms with Crippen molar-refractivity contribution in [2.24, 2.45) is 5.73 Å². The topological polar surface area (TPSA) is 81.8 Å². The summed E-state index contributed by atoms with van der Waals surface area (Å²) in [5.41, 5.74) is 6.36. The summed E-state index contributed by atoms with van der Waals surface area (Å²) in [6.45, 7) is 8.02. The summed E-state index contributed by atoms with van der Waals surface area (Å²) in [5, 5.41) is 9.99. The molecule has 118 valence electrons. The van der Waals surface area contributed by atoms with Gasteiger partial charge in [-0.25, -0.2) is 0 Å². The molecule has 0 radical (unpaired) electrons. The van der Waals surface area contributed by atoms with Gasteiger partial charge in [-0.05, 0) is 39.2 Å². The molecule has 6 heteroatoms. The predicted octanol–water partition coefficient (Wildman–Crippen LogP) is 2.18. The lowest BCUT2D eigenvalue weighted by Crippen LogP contribution is -2.41. The highest BCUT2D eigenvalue weighted by Crippen LogP contribution is 2.39. The summed E-state index contributed by atoms with van der Waals surface area (Å²) in [7, 11) is -0.603. The first-order chi connectivity index (χ1) is 10.2. The second-order valence-electron chi connectivity index (χ2n) is 6.41. The van der Waals surface area contributed by atoms with Gasteiger partial charge in [-0.15, -0.1) is 0 Å². The molecule has 0 atom stereocenters. The van der Waals surface area contributed by atoms with Gasteiger partial charge in [0.2, 0.25) is 0 Å². The molecule has 1 aromatic carbocycles. The van der Waals surface area contributed by atoms with E-state index in [0.717, 1.165) is 0 Å². The molecule has 5 nitrogen and oxygen atoms in total. The Morgan fingerprint density at radius 1 is 1.27 bits per heavy atom. The number of hydrogen-bond donors (Lipinski definition) is 2. The molecule has 1 aliphatic heterocycles. The zero-order valence-corrected chi connectivity index (χ0v) is 13.4. The summed E-state index contributed by atoms with van der Waals surface area (Å²) in [6, 6.07) is 4.78. The third-order valence-electron chi connectivity index (χ3n) is 4.37. The van der Waals surface area contributed by atoms with Crippen LogP contribution in [0.15, 0.2) is 23.7 Å². The zero-order valence-electron chi connectivity index (χ0n) is 13.4. The van der Waals surface area contributed by atoms with Gasteiger partial charge in [0, 0.05) is 17.7 Å². The summed E-state index contributed by atoms with van der Waals surface area (Å²) < 4.78 is 11.9. The van der Waals surface area contributed by atoms with E-state index in [-0.39, 0.29) is 12.3 Å². The van der Waals surface area contributed by atoms with Crippen molar-refractivity contribution in [2.75, 3.05) is 6.54 Å². The minimum absolute atomic E-state index is 0.0204. The minimum Gasteiger partial charge on any atom is -0.507 e. The Labute approximate surface area is 131 Å². The van der Waals surface area contributed by atoms with E-state index in [1.165, 1.54) is 6.07 Å². The Morgan fingerprint density at radius 2 is 1.86 bits per heavy atom. The molecule has 1 aromatic rings. The molecule has 1 saturated heterocycles. The van der Waals surface area contributed by atoms with Gasteiger partial charge < -0.3 is 20.1 Å². The Bertz CT molecular complexity index is 594. The van der Waals surface area contributed by atoms with Gasteiger partial charge in [0.25, 0.3) is 0 Å². The van der Waals surface area contributed by atoms with Crippen LogP contribution in [0.5, 0.6) is 5.75 Å². The molecule has 0 saturated carbocycles. The maximum Gasteiger partial charge on any atom is 0.491 e. The largest absolute Gasteiger partial charge is 0.507 e. The van der Waals surface area contributed by atoms with Crippen molar-refractivity contribution in [1.29, 1.82) is 0 Å². The van der Waals surface area contributed by atoms with Crippen LogP contribution >= 0.6 is 0 Å². The second-order valence-corrected chi connectivity index (χ2v) is 6.41. The Balaban J connectivity index is 2.40. The lowest BCUT2D eigenvalue weighted by atomic mass is 9.76.